The van der Waals surface area contributed by atoms with E-state index in [4.69, 9.17) is 0 Å². The van der Waals surface area contributed by atoms with Crippen molar-refractivity contribution in [2.24, 2.45) is 0 Å². The lowest BCUT2D eigenvalue weighted by atomic mass is 9.95. The van der Waals surface area contributed by atoms with E-state index in [9.17, 15) is 9.59 Å². The summed E-state index contributed by atoms with van der Waals surface area (Å²) in [5.74, 6) is 0.00270. The molecule has 0 bridgehead atoms. The number of hydrogen-bond donors (Lipinski definition) is 2. The summed E-state index contributed by atoms with van der Waals surface area (Å²) in [6.45, 7) is 0.858. The zero-order valence-corrected chi connectivity index (χ0v) is 25.4. The van der Waals surface area contributed by atoms with Crippen LogP contribution in [0.5, 0.6) is 0 Å². The Morgan fingerprint density at radius 1 is 0.644 bits per heavy atom. The van der Waals surface area contributed by atoms with Crippen LogP contribution in [0.3, 0.4) is 0 Å². The second-order valence-corrected chi connectivity index (χ2v) is 11.7. The number of rotatable bonds is 9. The molecule has 6 heteroatoms. The van der Waals surface area contributed by atoms with Gasteiger partial charge in [0, 0.05) is 42.8 Å². The molecule has 5 aromatic rings. The Balaban J connectivity index is 1.12. The van der Waals surface area contributed by atoms with Crippen LogP contribution in [0.25, 0.3) is 22.3 Å². The number of hydrogen-bond acceptors (Lipinski definition) is 3. The maximum Gasteiger partial charge on any atom is 0.322 e. The molecule has 0 radical (unpaired) electrons. The highest BCUT2D eigenvalue weighted by molar-refractivity contribution is 5.95. The average molecular weight is 595 g/mol. The molecule has 6 rings (SSSR count). The van der Waals surface area contributed by atoms with E-state index >= 15 is 0 Å². The summed E-state index contributed by atoms with van der Waals surface area (Å²) >= 11 is 0. The van der Waals surface area contributed by atoms with Crippen LogP contribution in [0.4, 0.5) is 10.5 Å². The first-order valence-electron chi connectivity index (χ1n) is 15.7. The quantitative estimate of drug-likeness (QED) is 0.179. The highest BCUT2D eigenvalue weighted by atomic mass is 16.2. The highest BCUT2D eigenvalue weighted by Gasteiger charge is 2.18. The van der Waals surface area contributed by atoms with Crippen LogP contribution < -0.4 is 10.6 Å². The van der Waals surface area contributed by atoms with Crippen LogP contribution in [0.15, 0.2) is 128 Å². The van der Waals surface area contributed by atoms with Crippen molar-refractivity contribution in [3.05, 3.63) is 144 Å². The first-order chi connectivity index (χ1) is 22.1. The molecule has 4 aromatic carbocycles. The predicted octanol–water partition coefficient (Wildman–Crippen LogP) is 8.71. The Labute approximate surface area is 265 Å². The number of nitrogens with one attached hydrogen (secondary N) is 2. The molecular weight excluding hydrogens is 556 g/mol. The number of urea groups is 1. The largest absolute Gasteiger partial charge is 0.349 e. The molecule has 0 unspecified atom stereocenters. The van der Waals surface area contributed by atoms with Gasteiger partial charge in [0.05, 0.1) is 0 Å². The minimum atomic E-state index is -0.183. The monoisotopic (exact) mass is 594 g/mol. The standard InChI is InChI=1S/C39H38N4O2/c44-38(41-36-11-5-2-6-12-36)35-19-17-33(18-20-35)32-15-13-29(14-16-32)27-43(28-30-8-7-25-40-26-30)39(45)42-37-23-21-34(22-24-37)31-9-3-1-4-10-31/h1,3-4,7-10,13-26,36H,2,5-6,11-12,27-28H2,(H,41,44)(H,42,45). The summed E-state index contributed by atoms with van der Waals surface area (Å²) in [7, 11) is 0. The van der Waals surface area contributed by atoms with Gasteiger partial charge >= 0.3 is 6.03 Å². The Morgan fingerprint density at radius 2 is 1.24 bits per heavy atom. The molecule has 2 N–H and O–H groups in total. The second-order valence-electron chi connectivity index (χ2n) is 11.7. The summed E-state index contributed by atoms with van der Waals surface area (Å²) in [5, 5.41) is 6.26. The molecule has 1 saturated carbocycles. The third-order valence-corrected chi connectivity index (χ3v) is 8.37. The number of nitrogens with zero attached hydrogens (tertiary/aromatic N) is 2. The number of carbonyl (C=O) groups excluding carboxylic acids is 2. The van der Waals surface area contributed by atoms with Crippen molar-refractivity contribution in [3.63, 3.8) is 0 Å². The van der Waals surface area contributed by atoms with E-state index in [1.165, 1.54) is 19.3 Å². The first kappa shape index (κ1) is 29.8. The second kappa shape index (κ2) is 14.5. The number of benzene rings is 4. The normalized spacial score (nSPS) is 13.2. The first-order valence-corrected chi connectivity index (χ1v) is 15.7. The molecule has 226 valence electrons. The highest BCUT2D eigenvalue weighted by Crippen LogP contribution is 2.24. The average Bonchev–Trinajstić information content (AvgIpc) is 3.10. The molecule has 6 nitrogen and oxygen atoms in total. The van der Waals surface area contributed by atoms with E-state index in [1.807, 2.05) is 78.9 Å². The van der Waals surface area contributed by atoms with Gasteiger partial charge in [-0.05, 0) is 76.6 Å². The lowest BCUT2D eigenvalue weighted by Gasteiger charge is -2.23. The van der Waals surface area contributed by atoms with Gasteiger partial charge in [-0.3, -0.25) is 9.78 Å². The Hall–Kier alpha value is -5.23. The van der Waals surface area contributed by atoms with Crippen molar-refractivity contribution >= 4 is 17.6 Å². The van der Waals surface area contributed by atoms with Gasteiger partial charge in [0.15, 0.2) is 0 Å². The molecule has 0 spiro atoms. The Kier molecular flexibility index (Phi) is 9.61. The summed E-state index contributed by atoms with van der Waals surface area (Å²) in [6.07, 6.45) is 9.30. The van der Waals surface area contributed by atoms with Crippen LogP contribution in [0.1, 0.15) is 53.6 Å². The van der Waals surface area contributed by atoms with Crippen molar-refractivity contribution in [3.8, 4) is 22.3 Å². The molecule has 1 aromatic heterocycles. The fourth-order valence-electron chi connectivity index (χ4n) is 5.84. The lowest BCUT2D eigenvalue weighted by Crippen LogP contribution is -2.36. The molecule has 3 amide bonds. The minimum Gasteiger partial charge on any atom is -0.349 e. The third-order valence-electron chi connectivity index (χ3n) is 8.37. The molecule has 0 aliphatic heterocycles. The third kappa shape index (κ3) is 8.03. The van der Waals surface area contributed by atoms with E-state index in [1.54, 1.807) is 17.3 Å². The topological polar surface area (TPSA) is 74.3 Å². The Morgan fingerprint density at radius 3 is 1.89 bits per heavy atom. The number of aromatic nitrogens is 1. The van der Waals surface area contributed by atoms with E-state index in [-0.39, 0.29) is 11.9 Å². The smallest absolute Gasteiger partial charge is 0.322 e. The summed E-state index contributed by atoms with van der Waals surface area (Å²) < 4.78 is 0. The molecule has 0 atom stereocenters. The minimum absolute atomic E-state index is 0.00270. The van der Waals surface area contributed by atoms with Crippen LogP contribution in [0, 0.1) is 0 Å². The van der Waals surface area contributed by atoms with Gasteiger partial charge in [-0.25, -0.2) is 4.79 Å². The van der Waals surface area contributed by atoms with Gasteiger partial charge in [-0.15, -0.1) is 0 Å². The van der Waals surface area contributed by atoms with Crippen molar-refractivity contribution in [2.45, 2.75) is 51.2 Å². The number of amides is 3. The fraction of sp³-hybridized carbons (Fsp3) is 0.205. The molecule has 0 saturated heterocycles. The maximum absolute atomic E-state index is 13.5. The van der Waals surface area contributed by atoms with Crippen LogP contribution in [-0.4, -0.2) is 27.9 Å². The van der Waals surface area contributed by atoms with Gasteiger partial charge in [0.2, 0.25) is 0 Å². The molecule has 1 fully saturated rings. The lowest BCUT2D eigenvalue weighted by molar-refractivity contribution is 0.0927. The molecule has 1 aliphatic rings. The zero-order chi connectivity index (χ0) is 30.8. The van der Waals surface area contributed by atoms with Gasteiger partial charge in [0.25, 0.3) is 5.91 Å². The van der Waals surface area contributed by atoms with Crippen molar-refractivity contribution in [1.82, 2.24) is 15.2 Å². The SMILES string of the molecule is O=C(NC1CCCCC1)c1ccc(-c2ccc(CN(Cc3cccnc3)C(=O)Nc3ccc(-c4ccccc4)cc3)cc2)cc1. The van der Waals surface area contributed by atoms with Crippen LogP contribution >= 0.6 is 0 Å². The zero-order valence-electron chi connectivity index (χ0n) is 25.4. The summed E-state index contributed by atoms with van der Waals surface area (Å²) in [5.41, 5.74) is 7.72. The van der Waals surface area contributed by atoms with E-state index in [2.05, 4.69) is 52.0 Å². The van der Waals surface area contributed by atoms with E-state index in [0.717, 1.165) is 51.9 Å². The fourth-order valence-corrected chi connectivity index (χ4v) is 5.84. The Bertz CT molecular complexity index is 1680. The van der Waals surface area contributed by atoms with Gasteiger partial charge in [-0.1, -0.05) is 104 Å². The van der Waals surface area contributed by atoms with Crippen molar-refractivity contribution in [2.75, 3.05) is 5.32 Å². The summed E-state index contributed by atoms with van der Waals surface area (Å²) in [6, 6.07) is 38.1. The maximum atomic E-state index is 13.5. The van der Waals surface area contributed by atoms with Gasteiger partial charge < -0.3 is 15.5 Å². The van der Waals surface area contributed by atoms with Crippen LogP contribution in [-0.2, 0) is 13.1 Å². The molecular formula is C39H38N4O2. The van der Waals surface area contributed by atoms with Gasteiger partial charge in [-0.2, -0.15) is 0 Å². The molecule has 45 heavy (non-hydrogen) atoms. The van der Waals surface area contributed by atoms with Gasteiger partial charge in [0.1, 0.15) is 0 Å². The molecule has 1 heterocycles. The number of carbonyl (C=O) groups is 2. The summed E-state index contributed by atoms with van der Waals surface area (Å²) in [4.78, 5) is 32.3. The van der Waals surface area contributed by atoms with Crippen LogP contribution in [0.2, 0.25) is 0 Å². The number of anilines is 1. The molecule has 1 aliphatic carbocycles. The number of pyridine rings is 1. The predicted molar refractivity (Wildman–Crippen MR) is 181 cm³/mol. The van der Waals surface area contributed by atoms with E-state index in [0.29, 0.717) is 24.7 Å². The van der Waals surface area contributed by atoms with Crippen molar-refractivity contribution < 1.29 is 9.59 Å². The van der Waals surface area contributed by atoms with E-state index < -0.39 is 0 Å². The van der Waals surface area contributed by atoms with Crippen molar-refractivity contribution in [1.29, 1.82) is 0 Å².